The van der Waals surface area contributed by atoms with Crippen LogP contribution < -0.4 is 0 Å². The zero-order valence-corrected chi connectivity index (χ0v) is 17.4. The molecule has 0 bridgehead atoms. The minimum absolute atomic E-state index is 0.252. The lowest BCUT2D eigenvalue weighted by molar-refractivity contribution is -0.157. The van der Waals surface area contributed by atoms with E-state index in [9.17, 15) is 9.59 Å². The van der Waals surface area contributed by atoms with Crippen molar-refractivity contribution >= 4 is 11.8 Å². The standard InChI is InChI=1S/C11H18O2.C10H21NO2/c1-8-5-6-11(9(2)12,13-7-8)10-3-4-10;1-4-7-11(9(3)5-2)8-6-10(12)13/h8,10H,3-7H2,1-2H3;9H,4-8H2,1-3H3,(H,12,13). The highest BCUT2D eigenvalue weighted by molar-refractivity contribution is 5.85. The van der Waals surface area contributed by atoms with Crippen LogP contribution in [0, 0.1) is 11.8 Å². The maximum Gasteiger partial charge on any atom is 0.304 e. The second-order valence-corrected chi connectivity index (χ2v) is 8.11. The van der Waals surface area contributed by atoms with Crippen molar-refractivity contribution in [2.45, 2.75) is 91.2 Å². The van der Waals surface area contributed by atoms with Crippen LogP contribution in [-0.4, -0.2) is 53.1 Å². The molecule has 2 aliphatic rings. The highest BCUT2D eigenvalue weighted by Gasteiger charge is 2.51. The number of carbonyl (C=O) groups excluding carboxylic acids is 1. The molecule has 0 aromatic rings. The van der Waals surface area contributed by atoms with Gasteiger partial charge in [0.2, 0.25) is 0 Å². The number of carbonyl (C=O) groups is 2. The molecule has 5 heteroatoms. The van der Waals surface area contributed by atoms with Gasteiger partial charge in [-0.15, -0.1) is 0 Å². The van der Waals surface area contributed by atoms with Crippen molar-refractivity contribution in [1.29, 1.82) is 0 Å². The van der Waals surface area contributed by atoms with E-state index in [1.165, 1.54) is 12.8 Å². The number of carboxylic acids is 1. The van der Waals surface area contributed by atoms with Gasteiger partial charge in [-0.1, -0.05) is 20.8 Å². The average Bonchev–Trinajstić information content (AvgIpc) is 3.44. The molecule has 3 unspecified atom stereocenters. The van der Waals surface area contributed by atoms with Crippen LogP contribution in [0.5, 0.6) is 0 Å². The zero-order valence-electron chi connectivity index (χ0n) is 17.4. The molecule has 2 rings (SSSR count). The quantitative estimate of drug-likeness (QED) is 0.661. The van der Waals surface area contributed by atoms with Gasteiger partial charge in [0.05, 0.1) is 13.0 Å². The molecule has 3 atom stereocenters. The second kappa shape index (κ2) is 11.0. The van der Waals surface area contributed by atoms with E-state index in [0.717, 1.165) is 38.8 Å². The van der Waals surface area contributed by atoms with Crippen molar-refractivity contribution in [3.63, 3.8) is 0 Å². The Morgan fingerprint density at radius 2 is 1.88 bits per heavy atom. The topological polar surface area (TPSA) is 66.8 Å². The van der Waals surface area contributed by atoms with E-state index in [2.05, 4.69) is 32.6 Å². The molecule has 152 valence electrons. The number of ether oxygens (including phenoxy) is 1. The Morgan fingerprint density at radius 1 is 1.23 bits per heavy atom. The molecule has 1 aliphatic heterocycles. The summed E-state index contributed by atoms with van der Waals surface area (Å²) >= 11 is 0. The molecular formula is C21H39NO4. The minimum Gasteiger partial charge on any atom is -0.481 e. The molecule has 2 fully saturated rings. The number of rotatable bonds is 9. The SMILES string of the molecule is CC(=O)C1(C2CC2)CCC(C)CO1.CCCN(CCC(=O)O)C(C)CC. The lowest BCUT2D eigenvalue weighted by atomic mass is 9.83. The predicted molar refractivity (Wildman–Crippen MR) is 104 cm³/mol. The molecule has 0 aromatic carbocycles. The maximum atomic E-state index is 11.6. The summed E-state index contributed by atoms with van der Waals surface area (Å²) in [5.74, 6) is 0.718. The first-order valence-corrected chi connectivity index (χ1v) is 10.4. The number of ketones is 1. The second-order valence-electron chi connectivity index (χ2n) is 8.11. The van der Waals surface area contributed by atoms with Crippen LogP contribution >= 0.6 is 0 Å². The van der Waals surface area contributed by atoms with Crippen LogP contribution in [0.4, 0.5) is 0 Å². The monoisotopic (exact) mass is 369 g/mol. The largest absolute Gasteiger partial charge is 0.481 e. The van der Waals surface area contributed by atoms with Crippen molar-refractivity contribution in [1.82, 2.24) is 4.90 Å². The molecule has 0 amide bonds. The van der Waals surface area contributed by atoms with Gasteiger partial charge in [0.25, 0.3) is 0 Å². The van der Waals surface area contributed by atoms with Crippen molar-refractivity contribution in [2.24, 2.45) is 11.8 Å². The van der Waals surface area contributed by atoms with Gasteiger partial charge in [-0.05, 0) is 70.8 Å². The van der Waals surface area contributed by atoms with Crippen molar-refractivity contribution in [3.05, 3.63) is 0 Å². The summed E-state index contributed by atoms with van der Waals surface area (Å²) in [5.41, 5.74) is -0.369. The van der Waals surface area contributed by atoms with Crippen molar-refractivity contribution in [2.75, 3.05) is 19.7 Å². The average molecular weight is 370 g/mol. The van der Waals surface area contributed by atoms with Crippen LogP contribution in [0.3, 0.4) is 0 Å². The molecule has 0 radical (unpaired) electrons. The van der Waals surface area contributed by atoms with E-state index in [1.807, 2.05) is 0 Å². The minimum atomic E-state index is -0.704. The van der Waals surface area contributed by atoms with Gasteiger partial charge in [-0.2, -0.15) is 0 Å². The Balaban J connectivity index is 0.000000260. The molecular weight excluding hydrogens is 330 g/mol. The fourth-order valence-corrected chi connectivity index (χ4v) is 3.68. The number of hydrogen-bond donors (Lipinski definition) is 1. The Labute approximate surface area is 159 Å². The molecule has 1 aliphatic carbocycles. The number of hydrogen-bond acceptors (Lipinski definition) is 4. The zero-order chi connectivity index (χ0) is 19.7. The third-order valence-electron chi connectivity index (χ3n) is 5.80. The first kappa shape index (κ1) is 23.1. The summed E-state index contributed by atoms with van der Waals surface area (Å²) in [6.45, 7) is 12.7. The summed E-state index contributed by atoms with van der Waals surface area (Å²) < 4.78 is 5.81. The van der Waals surface area contributed by atoms with Gasteiger partial charge in [-0.3, -0.25) is 9.59 Å². The lowest BCUT2D eigenvalue weighted by Crippen LogP contribution is -2.46. The highest BCUT2D eigenvalue weighted by Crippen LogP contribution is 2.47. The molecule has 1 N–H and O–H groups in total. The Morgan fingerprint density at radius 3 is 2.27 bits per heavy atom. The summed E-state index contributed by atoms with van der Waals surface area (Å²) in [6, 6.07) is 0.499. The van der Waals surface area contributed by atoms with Crippen LogP contribution in [0.2, 0.25) is 0 Å². The summed E-state index contributed by atoms with van der Waals surface area (Å²) in [4.78, 5) is 24.2. The Kier molecular flexibility index (Phi) is 9.80. The van der Waals surface area contributed by atoms with E-state index >= 15 is 0 Å². The van der Waals surface area contributed by atoms with Crippen LogP contribution in [-0.2, 0) is 14.3 Å². The molecule has 0 spiro atoms. The number of aliphatic carboxylic acids is 1. The molecule has 5 nitrogen and oxygen atoms in total. The molecule has 1 saturated carbocycles. The first-order valence-electron chi connectivity index (χ1n) is 10.4. The molecule has 26 heavy (non-hydrogen) atoms. The van der Waals surface area contributed by atoms with E-state index in [0.29, 0.717) is 24.4 Å². The van der Waals surface area contributed by atoms with Gasteiger partial charge >= 0.3 is 5.97 Å². The summed E-state index contributed by atoms with van der Waals surface area (Å²) in [6.07, 6.45) is 6.90. The van der Waals surface area contributed by atoms with Gasteiger partial charge < -0.3 is 14.7 Å². The normalized spacial score (nSPS) is 26.8. The van der Waals surface area contributed by atoms with Crippen molar-refractivity contribution in [3.8, 4) is 0 Å². The van der Waals surface area contributed by atoms with E-state index in [-0.39, 0.29) is 17.8 Å². The predicted octanol–water partition coefficient (Wildman–Crippen LogP) is 4.14. The third-order valence-corrected chi connectivity index (χ3v) is 5.80. The first-order chi connectivity index (χ1) is 12.3. The Hall–Kier alpha value is -0.940. The van der Waals surface area contributed by atoms with Gasteiger partial charge in [0.15, 0.2) is 5.78 Å². The highest BCUT2D eigenvalue weighted by atomic mass is 16.5. The van der Waals surface area contributed by atoms with Crippen LogP contribution in [0.15, 0.2) is 0 Å². The van der Waals surface area contributed by atoms with E-state index in [1.54, 1.807) is 6.92 Å². The number of Topliss-reactive ketones (excluding diaryl/α,β-unsaturated/α-hetero) is 1. The fraction of sp³-hybridized carbons (Fsp3) is 0.905. The smallest absolute Gasteiger partial charge is 0.304 e. The summed E-state index contributed by atoms with van der Waals surface area (Å²) in [5, 5.41) is 8.56. The van der Waals surface area contributed by atoms with Crippen LogP contribution in [0.1, 0.15) is 79.6 Å². The molecule has 1 saturated heterocycles. The molecule has 1 heterocycles. The van der Waals surface area contributed by atoms with Crippen molar-refractivity contribution < 1.29 is 19.4 Å². The van der Waals surface area contributed by atoms with Gasteiger partial charge in [0.1, 0.15) is 5.60 Å². The van der Waals surface area contributed by atoms with Gasteiger partial charge in [-0.25, -0.2) is 0 Å². The Bertz CT molecular complexity index is 439. The number of nitrogens with zero attached hydrogens (tertiary/aromatic N) is 1. The van der Waals surface area contributed by atoms with Gasteiger partial charge in [0, 0.05) is 12.6 Å². The maximum absolute atomic E-state index is 11.6. The lowest BCUT2D eigenvalue weighted by Gasteiger charge is -2.37. The number of carboxylic acid groups (broad SMARTS) is 1. The van der Waals surface area contributed by atoms with E-state index < -0.39 is 5.97 Å². The fourth-order valence-electron chi connectivity index (χ4n) is 3.68. The summed E-state index contributed by atoms with van der Waals surface area (Å²) in [7, 11) is 0. The third kappa shape index (κ3) is 6.99. The molecule has 0 aromatic heterocycles. The van der Waals surface area contributed by atoms with E-state index in [4.69, 9.17) is 9.84 Å². The van der Waals surface area contributed by atoms with Crippen LogP contribution in [0.25, 0.3) is 0 Å².